The Morgan fingerprint density at radius 3 is 2.00 bits per heavy atom. The van der Waals surface area contributed by atoms with Crippen LogP contribution >= 0.6 is 0 Å². The van der Waals surface area contributed by atoms with Crippen molar-refractivity contribution >= 4 is 5.91 Å². The smallest absolute Gasteiger partial charge is 0.388 e. The van der Waals surface area contributed by atoms with Crippen LogP contribution in [-0.2, 0) is 11.0 Å². The van der Waals surface area contributed by atoms with Crippen molar-refractivity contribution in [2.75, 3.05) is 0 Å². The first kappa shape index (κ1) is 19.9. The number of unbranched alkanes of at least 4 members (excludes halogenated alkanes) is 1. The van der Waals surface area contributed by atoms with Gasteiger partial charge in [0.15, 0.2) is 0 Å². The molecule has 2 aromatic rings. The number of hydrogen-bond donors (Lipinski definition) is 3. The lowest BCUT2D eigenvalue weighted by atomic mass is 9.98. The van der Waals surface area contributed by atoms with Crippen LogP contribution in [0, 0.1) is 0 Å². The number of alkyl halides is 3. The molecule has 4 nitrogen and oxygen atoms in total. The molecule has 1 atom stereocenters. The molecule has 7 heteroatoms. The van der Waals surface area contributed by atoms with Crippen LogP contribution in [-0.4, -0.2) is 16.2 Å². The second kappa shape index (κ2) is 8.82. The monoisotopic (exact) mass is 367 g/mol. The summed E-state index contributed by atoms with van der Waals surface area (Å²) >= 11 is 0. The number of nitrogens with one attached hydrogen (secondary N) is 1. The number of amides is 1. The van der Waals surface area contributed by atoms with Crippen molar-refractivity contribution in [2.45, 2.75) is 38.0 Å². The number of halogens is 3. The van der Waals surface area contributed by atoms with Crippen LogP contribution in [0.5, 0.6) is 0 Å². The lowest BCUT2D eigenvalue weighted by Gasteiger charge is -2.12. The number of hydrogen-bond acceptors (Lipinski definition) is 3. The Bertz CT molecular complexity index is 712. The highest BCUT2D eigenvalue weighted by molar-refractivity contribution is 5.74. The number of benzene rings is 2. The van der Waals surface area contributed by atoms with Gasteiger partial charge in [-0.1, -0.05) is 42.8 Å². The van der Waals surface area contributed by atoms with Gasteiger partial charge in [0.25, 0.3) is 0 Å². The first-order valence-electron chi connectivity index (χ1n) is 8.20. The molecule has 0 saturated heterocycles. The first-order chi connectivity index (χ1) is 12.3. The maximum atomic E-state index is 12.6. The second-order valence-electron chi connectivity index (χ2n) is 5.99. The lowest BCUT2D eigenvalue weighted by molar-refractivity contribution is -0.137. The van der Waals surface area contributed by atoms with Crippen LogP contribution in [0.1, 0.15) is 42.9 Å². The maximum Gasteiger partial charge on any atom is 0.416 e. The Labute approximate surface area is 149 Å². The van der Waals surface area contributed by atoms with E-state index >= 15 is 0 Å². The van der Waals surface area contributed by atoms with E-state index in [-0.39, 0.29) is 6.42 Å². The fourth-order valence-corrected chi connectivity index (χ4v) is 2.60. The van der Waals surface area contributed by atoms with E-state index in [0.717, 1.165) is 17.7 Å². The summed E-state index contributed by atoms with van der Waals surface area (Å²) in [6.45, 7) is 0. The molecule has 26 heavy (non-hydrogen) atoms. The van der Waals surface area contributed by atoms with E-state index in [1.54, 1.807) is 29.7 Å². The van der Waals surface area contributed by atoms with Crippen molar-refractivity contribution in [1.82, 2.24) is 5.48 Å². The fraction of sp³-hybridized carbons (Fsp3) is 0.316. The molecule has 3 N–H and O–H groups in total. The molecule has 0 heterocycles. The highest BCUT2D eigenvalue weighted by Gasteiger charge is 2.29. The van der Waals surface area contributed by atoms with Gasteiger partial charge in [0.2, 0.25) is 5.91 Å². The summed E-state index contributed by atoms with van der Waals surface area (Å²) in [5.41, 5.74) is 2.98. The minimum Gasteiger partial charge on any atom is -0.388 e. The summed E-state index contributed by atoms with van der Waals surface area (Å²) in [6.07, 6.45) is -3.21. The summed E-state index contributed by atoms with van der Waals surface area (Å²) in [6, 6.07) is 11.9. The van der Waals surface area contributed by atoms with Crippen LogP contribution in [0.2, 0.25) is 0 Å². The molecule has 0 aliphatic rings. The molecule has 2 aromatic carbocycles. The predicted octanol–water partition coefficient (Wildman–Crippen LogP) is 4.47. The van der Waals surface area contributed by atoms with Gasteiger partial charge in [0, 0.05) is 6.42 Å². The van der Waals surface area contributed by atoms with E-state index in [0.29, 0.717) is 30.4 Å². The highest BCUT2D eigenvalue weighted by Crippen LogP contribution is 2.31. The second-order valence-corrected chi connectivity index (χ2v) is 5.99. The standard InChI is InChI=1S/C19H20F3NO3/c20-19(21,22)16-11-9-14(10-12-16)13-5-7-15(8-6-13)17(24)3-1-2-4-18(25)23-26/h5-12,17,24,26H,1-4H2,(H,23,25). The van der Waals surface area contributed by atoms with E-state index in [1.807, 2.05) is 0 Å². The largest absolute Gasteiger partial charge is 0.416 e. The summed E-state index contributed by atoms with van der Waals surface area (Å²) in [5.74, 6) is -0.458. The van der Waals surface area contributed by atoms with Crippen molar-refractivity contribution in [2.24, 2.45) is 0 Å². The van der Waals surface area contributed by atoms with Crippen molar-refractivity contribution in [3.8, 4) is 11.1 Å². The predicted molar refractivity (Wildman–Crippen MR) is 90.2 cm³/mol. The van der Waals surface area contributed by atoms with Gasteiger partial charge in [-0.2, -0.15) is 13.2 Å². The molecule has 2 rings (SSSR count). The fourth-order valence-electron chi connectivity index (χ4n) is 2.60. The van der Waals surface area contributed by atoms with Crippen LogP contribution in [0.3, 0.4) is 0 Å². The molecule has 0 fully saturated rings. The zero-order valence-corrected chi connectivity index (χ0v) is 14.0. The summed E-state index contributed by atoms with van der Waals surface area (Å²) in [4.78, 5) is 10.9. The van der Waals surface area contributed by atoms with Gasteiger partial charge in [0.05, 0.1) is 11.7 Å². The number of rotatable bonds is 7. The van der Waals surface area contributed by atoms with Crippen molar-refractivity contribution in [3.63, 3.8) is 0 Å². The Hall–Kier alpha value is -2.38. The van der Waals surface area contributed by atoms with Gasteiger partial charge in [0.1, 0.15) is 0 Å². The molecule has 0 aliphatic carbocycles. The number of hydroxylamine groups is 1. The zero-order chi connectivity index (χ0) is 19.2. The Morgan fingerprint density at radius 1 is 0.962 bits per heavy atom. The van der Waals surface area contributed by atoms with Crippen molar-refractivity contribution in [1.29, 1.82) is 0 Å². The third-order valence-corrected chi connectivity index (χ3v) is 4.10. The number of carbonyl (C=O) groups is 1. The normalized spacial score (nSPS) is 12.7. The van der Waals surface area contributed by atoms with Gasteiger partial charge in [-0.15, -0.1) is 0 Å². The average Bonchev–Trinajstić information content (AvgIpc) is 2.64. The maximum absolute atomic E-state index is 12.6. The molecule has 0 radical (unpaired) electrons. The molecule has 140 valence electrons. The van der Waals surface area contributed by atoms with E-state index in [1.165, 1.54) is 12.1 Å². The molecule has 0 bridgehead atoms. The Morgan fingerprint density at radius 2 is 1.50 bits per heavy atom. The number of carbonyl (C=O) groups excluding carboxylic acids is 1. The minimum atomic E-state index is -4.36. The molecule has 0 aromatic heterocycles. The summed E-state index contributed by atoms with van der Waals surface area (Å²) in [5, 5.41) is 18.5. The number of aliphatic hydroxyl groups excluding tert-OH is 1. The molecule has 1 unspecified atom stereocenters. The molecule has 0 saturated carbocycles. The third kappa shape index (κ3) is 5.57. The molecule has 0 spiro atoms. The third-order valence-electron chi connectivity index (χ3n) is 4.10. The average molecular weight is 367 g/mol. The Kier molecular flexibility index (Phi) is 6.76. The lowest BCUT2D eigenvalue weighted by Crippen LogP contribution is -2.17. The topological polar surface area (TPSA) is 69.6 Å². The highest BCUT2D eigenvalue weighted by atomic mass is 19.4. The summed E-state index contributed by atoms with van der Waals surface area (Å²) in [7, 11) is 0. The van der Waals surface area contributed by atoms with E-state index < -0.39 is 23.8 Å². The van der Waals surface area contributed by atoms with Gasteiger partial charge in [-0.25, -0.2) is 5.48 Å². The molecular formula is C19H20F3NO3. The quantitative estimate of drug-likeness (QED) is 0.384. The zero-order valence-electron chi connectivity index (χ0n) is 14.0. The Balaban J connectivity index is 1.94. The van der Waals surface area contributed by atoms with Gasteiger partial charge < -0.3 is 5.11 Å². The SMILES string of the molecule is O=C(CCCCC(O)c1ccc(-c2ccc(C(F)(F)F)cc2)cc1)NO. The minimum absolute atomic E-state index is 0.191. The van der Waals surface area contributed by atoms with Crippen molar-refractivity contribution < 1.29 is 28.3 Å². The van der Waals surface area contributed by atoms with Crippen molar-refractivity contribution in [3.05, 3.63) is 59.7 Å². The van der Waals surface area contributed by atoms with Crippen LogP contribution < -0.4 is 5.48 Å². The van der Waals surface area contributed by atoms with E-state index in [4.69, 9.17) is 5.21 Å². The van der Waals surface area contributed by atoms with Gasteiger partial charge in [-0.3, -0.25) is 10.0 Å². The van der Waals surface area contributed by atoms with E-state index in [2.05, 4.69) is 0 Å². The summed E-state index contributed by atoms with van der Waals surface area (Å²) < 4.78 is 37.8. The molecule has 0 aliphatic heterocycles. The molecular weight excluding hydrogens is 347 g/mol. The van der Waals surface area contributed by atoms with Crippen LogP contribution in [0.4, 0.5) is 13.2 Å². The molecule has 1 amide bonds. The first-order valence-corrected chi connectivity index (χ1v) is 8.20. The van der Waals surface area contributed by atoms with Crippen LogP contribution in [0.25, 0.3) is 11.1 Å². The van der Waals surface area contributed by atoms with E-state index in [9.17, 15) is 23.1 Å². The van der Waals surface area contributed by atoms with Crippen LogP contribution in [0.15, 0.2) is 48.5 Å². The van der Waals surface area contributed by atoms with Gasteiger partial charge in [-0.05, 0) is 41.7 Å². The van der Waals surface area contributed by atoms with Gasteiger partial charge >= 0.3 is 6.18 Å². The number of aliphatic hydroxyl groups is 1.